The fraction of sp³-hybridized carbons (Fsp3) is 0. The van der Waals surface area contributed by atoms with Crippen molar-refractivity contribution in [2.75, 3.05) is 0 Å². The van der Waals surface area contributed by atoms with E-state index in [1.807, 2.05) is 12.1 Å². The predicted octanol–water partition coefficient (Wildman–Crippen LogP) is 4.48. The quantitative estimate of drug-likeness (QED) is 0.436. The van der Waals surface area contributed by atoms with E-state index in [2.05, 4.69) is 4.98 Å². The molecule has 0 aliphatic carbocycles. The van der Waals surface area contributed by atoms with E-state index in [0.29, 0.717) is 27.1 Å². The van der Waals surface area contributed by atoms with E-state index in [9.17, 15) is 10.1 Å². The molecule has 0 atom stereocenters. The third-order valence-corrected chi connectivity index (χ3v) is 3.84. The number of nitrogens with zero attached hydrogens (tertiary/aromatic N) is 2. The highest BCUT2D eigenvalue weighted by Crippen LogP contribution is 2.24. The van der Waals surface area contributed by atoms with E-state index in [1.54, 1.807) is 48.7 Å². The van der Waals surface area contributed by atoms with E-state index >= 15 is 0 Å². The maximum Gasteiger partial charge on any atom is 0.205 e. The number of nitrogens with one attached hydrogen (secondary N) is 1. The van der Waals surface area contributed by atoms with Crippen LogP contribution < -0.4 is 0 Å². The molecule has 4 nitrogen and oxygen atoms in total. The first-order valence-corrected chi connectivity index (χ1v) is 7.43. The molecule has 0 bridgehead atoms. The lowest BCUT2D eigenvalue weighted by Crippen LogP contribution is -2.01. The summed E-state index contributed by atoms with van der Waals surface area (Å²) in [5.74, 6) is -0.365. The van der Waals surface area contributed by atoms with Gasteiger partial charge in [-0.1, -0.05) is 29.8 Å². The molecule has 0 saturated carbocycles. The average Bonchev–Trinajstić information content (AvgIpc) is 3.02. The second-order valence-electron chi connectivity index (χ2n) is 5.13. The van der Waals surface area contributed by atoms with Crippen LogP contribution in [-0.2, 0) is 0 Å². The van der Waals surface area contributed by atoms with Crippen LogP contribution in [-0.4, -0.2) is 10.8 Å². The maximum absolute atomic E-state index is 12.7. The van der Waals surface area contributed by atoms with Gasteiger partial charge in [-0.2, -0.15) is 10.5 Å². The number of carbonyl (C=O) groups is 1. The van der Waals surface area contributed by atoms with Gasteiger partial charge in [-0.05, 0) is 35.9 Å². The summed E-state index contributed by atoms with van der Waals surface area (Å²) in [7, 11) is 0. The van der Waals surface area contributed by atoms with Crippen molar-refractivity contribution in [2.24, 2.45) is 0 Å². The van der Waals surface area contributed by atoms with Crippen molar-refractivity contribution in [1.29, 1.82) is 10.5 Å². The largest absolute Gasteiger partial charge is 0.360 e. The Labute approximate surface area is 143 Å². The Hall–Kier alpha value is -3.34. The minimum absolute atomic E-state index is 0.0237. The van der Waals surface area contributed by atoms with Gasteiger partial charge >= 0.3 is 0 Å². The number of H-pyrrole nitrogens is 1. The van der Waals surface area contributed by atoms with Gasteiger partial charge in [0.1, 0.15) is 11.6 Å². The van der Waals surface area contributed by atoms with Crippen LogP contribution in [0.15, 0.2) is 54.2 Å². The van der Waals surface area contributed by atoms with Crippen LogP contribution in [0.2, 0.25) is 5.02 Å². The van der Waals surface area contributed by atoms with Gasteiger partial charge in [0.25, 0.3) is 0 Å². The summed E-state index contributed by atoms with van der Waals surface area (Å²) in [6, 6.07) is 15.8. The third kappa shape index (κ3) is 2.92. The lowest BCUT2D eigenvalue weighted by atomic mass is 10.0. The van der Waals surface area contributed by atoms with E-state index < -0.39 is 0 Å². The van der Waals surface area contributed by atoms with Crippen LogP contribution in [0.25, 0.3) is 17.0 Å². The van der Waals surface area contributed by atoms with Crippen molar-refractivity contribution >= 4 is 34.4 Å². The lowest BCUT2D eigenvalue weighted by Gasteiger charge is -1.99. The topological polar surface area (TPSA) is 80.4 Å². The normalized spacial score (nSPS) is 11.0. The average molecular weight is 332 g/mol. The number of benzene rings is 2. The molecule has 3 aromatic rings. The summed E-state index contributed by atoms with van der Waals surface area (Å²) in [6.07, 6.45) is 3.09. The Balaban J connectivity index is 2.00. The summed E-state index contributed by atoms with van der Waals surface area (Å²) >= 11 is 5.94. The van der Waals surface area contributed by atoms with Crippen molar-refractivity contribution in [3.05, 3.63) is 75.9 Å². The number of hydrogen-bond donors (Lipinski definition) is 1. The number of aromatic nitrogens is 1. The summed E-state index contributed by atoms with van der Waals surface area (Å²) in [5, 5.41) is 19.4. The molecule has 0 amide bonds. The Morgan fingerprint density at radius 2 is 1.88 bits per heavy atom. The Bertz CT molecular complexity index is 1050. The van der Waals surface area contributed by atoms with Gasteiger partial charge < -0.3 is 4.98 Å². The molecule has 1 N–H and O–H groups in total. The lowest BCUT2D eigenvalue weighted by molar-refractivity contribution is 0.104. The minimum Gasteiger partial charge on any atom is -0.360 e. The highest BCUT2D eigenvalue weighted by atomic mass is 35.5. The molecule has 0 fully saturated rings. The van der Waals surface area contributed by atoms with Crippen LogP contribution in [0.1, 0.15) is 21.5 Å². The number of halogens is 1. The van der Waals surface area contributed by atoms with Crippen LogP contribution in [0, 0.1) is 22.7 Å². The summed E-state index contributed by atoms with van der Waals surface area (Å²) in [5.41, 5.74) is 2.38. The first kappa shape index (κ1) is 15.6. The van der Waals surface area contributed by atoms with Crippen molar-refractivity contribution in [3.63, 3.8) is 0 Å². The number of carbonyl (C=O) groups excluding carboxylic acids is 1. The van der Waals surface area contributed by atoms with Gasteiger partial charge in [-0.3, -0.25) is 4.79 Å². The van der Waals surface area contributed by atoms with Crippen molar-refractivity contribution < 1.29 is 4.79 Å². The number of rotatable bonds is 3. The highest BCUT2D eigenvalue weighted by molar-refractivity contribution is 6.31. The van der Waals surface area contributed by atoms with Crippen LogP contribution in [0.5, 0.6) is 0 Å². The molecular formula is C19H10ClN3O. The number of nitriles is 2. The van der Waals surface area contributed by atoms with Gasteiger partial charge in [-0.15, -0.1) is 0 Å². The van der Waals surface area contributed by atoms with E-state index in [4.69, 9.17) is 16.9 Å². The fourth-order valence-corrected chi connectivity index (χ4v) is 2.57. The Kier molecular flexibility index (Phi) is 4.16. The van der Waals surface area contributed by atoms with E-state index in [0.717, 1.165) is 5.52 Å². The third-order valence-electron chi connectivity index (χ3n) is 3.60. The molecular weight excluding hydrogens is 322 g/mol. The van der Waals surface area contributed by atoms with Gasteiger partial charge in [0.2, 0.25) is 5.78 Å². The van der Waals surface area contributed by atoms with Gasteiger partial charge in [0.05, 0.1) is 11.6 Å². The number of aromatic amines is 1. The highest BCUT2D eigenvalue weighted by Gasteiger charge is 2.16. The first-order valence-electron chi connectivity index (χ1n) is 7.05. The molecule has 114 valence electrons. The molecule has 0 saturated heterocycles. The molecule has 2 aromatic carbocycles. The van der Waals surface area contributed by atoms with Crippen LogP contribution in [0.4, 0.5) is 0 Å². The van der Waals surface area contributed by atoms with Crippen molar-refractivity contribution in [3.8, 4) is 12.1 Å². The zero-order chi connectivity index (χ0) is 17.1. The van der Waals surface area contributed by atoms with E-state index in [-0.39, 0.29) is 11.4 Å². The molecule has 1 heterocycles. The smallest absolute Gasteiger partial charge is 0.205 e. The van der Waals surface area contributed by atoms with Gasteiger partial charge in [-0.25, -0.2) is 0 Å². The molecule has 0 spiro atoms. The molecule has 0 unspecified atom stereocenters. The SMILES string of the molecule is N#CC(=Cc1ccc(C#N)cc1)C(=O)c1c[nH]c2cc(Cl)ccc12. The number of Topliss-reactive ketones (excluding diaryl/α,β-unsaturated/α-hetero) is 1. The predicted molar refractivity (Wildman–Crippen MR) is 92.4 cm³/mol. The molecule has 24 heavy (non-hydrogen) atoms. The first-order chi connectivity index (χ1) is 11.6. The van der Waals surface area contributed by atoms with Crippen molar-refractivity contribution in [2.45, 2.75) is 0 Å². The van der Waals surface area contributed by atoms with E-state index in [1.165, 1.54) is 6.08 Å². The zero-order valence-corrected chi connectivity index (χ0v) is 13.1. The minimum atomic E-state index is -0.365. The zero-order valence-electron chi connectivity index (χ0n) is 12.4. The van der Waals surface area contributed by atoms with Gasteiger partial charge in [0, 0.05) is 27.7 Å². The Morgan fingerprint density at radius 1 is 1.12 bits per heavy atom. The van der Waals surface area contributed by atoms with Crippen LogP contribution in [0.3, 0.4) is 0 Å². The molecule has 0 aliphatic heterocycles. The molecule has 1 aromatic heterocycles. The standard InChI is InChI=1S/C19H10ClN3O/c20-15-5-6-16-17(11-23-18(16)8-15)19(24)14(10-22)7-12-1-3-13(9-21)4-2-12/h1-8,11,23H. The number of ketones is 1. The second kappa shape index (κ2) is 6.42. The monoisotopic (exact) mass is 331 g/mol. The van der Waals surface area contributed by atoms with Crippen molar-refractivity contribution in [1.82, 2.24) is 4.98 Å². The second-order valence-corrected chi connectivity index (χ2v) is 5.56. The molecule has 0 aliphatic rings. The van der Waals surface area contributed by atoms with Gasteiger partial charge in [0.15, 0.2) is 0 Å². The number of allylic oxidation sites excluding steroid dienone is 1. The fourth-order valence-electron chi connectivity index (χ4n) is 2.40. The number of fused-ring (bicyclic) bond motifs is 1. The summed E-state index contributed by atoms with van der Waals surface area (Å²) in [4.78, 5) is 15.7. The summed E-state index contributed by atoms with van der Waals surface area (Å²) in [6.45, 7) is 0. The molecule has 5 heteroatoms. The maximum atomic E-state index is 12.7. The molecule has 3 rings (SSSR count). The van der Waals surface area contributed by atoms with Crippen LogP contribution >= 0.6 is 11.6 Å². The molecule has 0 radical (unpaired) electrons. The summed E-state index contributed by atoms with van der Waals surface area (Å²) < 4.78 is 0. The Morgan fingerprint density at radius 3 is 2.54 bits per heavy atom. The number of hydrogen-bond acceptors (Lipinski definition) is 3.